The molecule has 27 heavy (non-hydrogen) atoms. The van der Waals surface area contributed by atoms with E-state index in [0.717, 1.165) is 37.4 Å². The number of likely N-dealkylation sites (tertiary alicyclic amines) is 1. The van der Waals surface area contributed by atoms with Crippen molar-refractivity contribution in [1.29, 1.82) is 0 Å². The van der Waals surface area contributed by atoms with Crippen molar-refractivity contribution in [1.82, 2.24) is 24.6 Å². The summed E-state index contributed by atoms with van der Waals surface area (Å²) in [6.07, 6.45) is 5.26. The van der Waals surface area contributed by atoms with Gasteiger partial charge in [0.15, 0.2) is 0 Å². The first-order valence-electron chi connectivity index (χ1n) is 9.24. The van der Waals surface area contributed by atoms with E-state index in [4.69, 9.17) is 9.47 Å². The average molecular weight is 372 g/mol. The summed E-state index contributed by atoms with van der Waals surface area (Å²) in [6, 6.07) is 3.79. The van der Waals surface area contributed by atoms with Crippen molar-refractivity contribution in [3.63, 3.8) is 0 Å². The summed E-state index contributed by atoms with van der Waals surface area (Å²) in [7, 11) is 1.58. The van der Waals surface area contributed by atoms with Crippen LogP contribution < -0.4 is 9.64 Å². The molecule has 1 saturated heterocycles. The minimum Gasteiger partial charge on any atom is -0.481 e. The molecular formula is C18H24N6O3. The van der Waals surface area contributed by atoms with Crippen LogP contribution in [0.4, 0.5) is 5.82 Å². The molecule has 2 aliphatic heterocycles. The molecule has 9 nitrogen and oxygen atoms in total. The predicted octanol–water partition coefficient (Wildman–Crippen LogP) is 0.709. The zero-order valence-electron chi connectivity index (χ0n) is 15.5. The number of carbonyl (C=O) groups excluding carboxylic acids is 1. The number of carbonyl (C=O) groups is 1. The molecule has 0 aliphatic carbocycles. The van der Waals surface area contributed by atoms with Gasteiger partial charge in [0.25, 0.3) is 0 Å². The second-order valence-electron chi connectivity index (χ2n) is 6.82. The molecule has 0 N–H and O–H groups in total. The van der Waals surface area contributed by atoms with Crippen LogP contribution in [0.15, 0.2) is 24.7 Å². The lowest BCUT2D eigenvalue weighted by Gasteiger charge is -2.25. The molecule has 4 heterocycles. The van der Waals surface area contributed by atoms with Crippen molar-refractivity contribution in [2.45, 2.75) is 32.0 Å². The second-order valence-corrected chi connectivity index (χ2v) is 6.82. The smallest absolute Gasteiger partial charge is 0.248 e. The van der Waals surface area contributed by atoms with E-state index in [0.29, 0.717) is 25.5 Å². The Bertz CT molecular complexity index is 789. The highest BCUT2D eigenvalue weighted by Crippen LogP contribution is 2.22. The van der Waals surface area contributed by atoms with E-state index in [1.54, 1.807) is 19.4 Å². The number of amides is 1. The van der Waals surface area contributed by atoms with Crippen LogP contribution in [-0.4, -0.2) is 70.0 Å². The number of aromatic nitrogens is 4. The van der Waals surface area contributed by atoms with E-state index in [-0.39, 0.29) is 18.6 Å². The lowest BCUT2D eigenvalue weighted by molar-refractivity contribution is -0.137. The lowest BCUT2D eigenvalue weighted by Crippen LogP contribution is -2.37. The third-order valence-electron chi connectivity index (χ3n) is 5.02. The first kappa shape index (κ1) is 17.7. The zero-order chi connectivity index (χ0) is 18.6. The summed E-state index contributed by atoms with van der Waals surface area (Å²) in [6.45, 7) is 3.64. The Morgan fingerprint density at radius 1 is 1.26 bits per heavy atom. The number of anilines is 1. The van der Waals surface area contributed by atoms with Gasteiger partial charge in [0.2, 0.25) is 11.8 Å². The van der Waals surface area contributed by atoms with Gasteiger partial charge in [0.1, 0.15) is 18.8 Å². The molecule has 0 unspecified atom stereocenters. The number of methoxy groups -OCH3 is 1. The fourth-order valence-corrected chi connectivity index (χ4v) is 3.56. The summed E-state index contributed by atoms with van der Waals surface area (Å²) >= 11 is 0. The van der Waals surface area contributed by atoms with Gasteiger partial charge in [-0.2, -0.15) is 5.10 Å². The summed E-state index contributed by atoms with van der Waals surface area (Å²) in [4.78, 5) is 24.8. The fraction of sp³-hybridized carbons (Fsp3) is 0.556. The van der Waals surface area contributed by atoms with Crippen LogP contribution in [0, 0.1) is 0 Å². The molecule has 1 atom stereocenters. The largest absolute Gasteiger partial charge is 0.481 e. The van der Waals surface area contributed by atoms with E-state index in [1.807, 2.05) is 15.6 Å². The van der Waals surface area contributed by atoms with Gasteiger partial charge in [-0.1, -0.05) is 0 Å². The second kappa shape index (κ2) is 7.91. The van der Waals surface area contributed by atoms with Gasteiger partial charge in [0.05, 0.1) is 32.0 Å². The maximum atomic E-state index is 12.3. The molecule has 144 valence electrons. The minimum atomic E-state index is -0.168. The zero-order valence-corrected chi connectivity index (χ0v) is 15.5. The van der Waals surface area contributed by atoms with Gasteiger partial charge in [-0.3, -0.25) is 9.48 Å². The summed E-state index contributed by atoms with van der Waals surface area (Å²) in [5, 5.41) is 4.39. The Morgan fingerprint density at radius 2 is 2.11 bits per heavy atom. The SMILES string of the molecule is COc1cc(N2Cc3ccnn3C[C@@H](OCC(=O)N3CCCC3)C2)ncn1. The van der Waals surface area contributed by atoms with Crippen LogP contribution >= 0.6 is 0 Å². The lowest BCUT2D eigenvalue weighted by atomic mass is 10.3. The van der Waals surface area contributed by atoms with Crippen molar-refractivity contribution in [2.75, 3.05) is 38.3 Å². The molecule has 0 saturated carbocycles. The van der Waals surface area contributed by atoms with Crippen molar-refractivity contribution in [3.8, 4) is 5.88 Å². The molecular weight excluding hydrogens is 348 g/mol. The number of hydrogen-bond donors (Lipinski definition) is 0. The number of hydrogen-bond acceptors (Lipinski definition) is 7. The molecule has 0 spiro atoms. The Labute approximate surface area is 157 Å². The van der Waals surface area contributed by atoms with Crippen LogP contribution in [0.25, 0.3) is 0 Å². The third kappa shape index (κ3) is 4.02. The van der Waals surface area contributed by atoms with E-state index in [2.05, 4.69) is 20.0 Å². The van der Waals surface area contributed by atoms with E-state index < -0.39 is 0 Å². The molecule has 0 bridgehead atoms. The molecule has 9 heteroatoms. The number of ether oxygens (including phenoxy) is 2. The van der Waals surface area contributed by atoms with Crippen LogP contribution in [0.5, 0.6) is 5.88 Å². The predicted molar refractivity (Wildman–Crippen MR) is 97.4 cm³/mol. The molecule has 0 radical (unpaired) electrons. The van der Waals surface area contributed by atoms with Gasteiger partial charge in [0, 0.05) is 31.9 Å². The highest BCUT2D eigenvalue weighted by molar-refractivity contribution is 5.77. The molecule has 2 aromatic heterocycles. The number of fused-ring (bicyclic) bond motifs is 1. The first-order chi connectivity index (χ1) is 13.2. The summed E-state index contributed by atoms with van der Waals surface area (Å²) < 4.78 is 13.2. The molecule has 0 aromatic carbocycles. The maximum Gasteiger partial charge on any atom is 0.248 e. The van der Waals surface area contributed by atoms with E-state index in [1.165, 1.54) is 6.33 Å². The molecule has 4 rings (SSSR count). The Hall–Kier alpha value is -2.68. The van der Waals surface area contributed by atoms with Crippen molar-refractivity contribution in [3.05, 3.63) is 30.4 Å². The normalized spacial score (nSPS) is 19.7. The van der Waals surface area contributed by atoms with Crippen LogP contribution in [-0.2, 0) is 22.6 Å². The Balaban J connectivity index is 1.48. The molecule has 2 aromatic rings. The van der Waals surface area contributed by atoms with Crippen molar-refractivity contribution in [2.24, 2.45) is 0 Å². The maximum absolute atomic E-state index is 12.3. The van der Waals surface area contributed by atoms with E-state index >= 15 is 0 Å². The van der Waals surface area contributed by atoms with Gasteiger partial charge in [-0.05, 0) is 18.9 Å². The van der Waals surface area contributed by atoms with Crippen molar-refractivity contribution >= 4 is 11.7 Å². The standard InChI is InChI=1S/C18H24N6O3/c1-26-17-8-16(19-13-20-17)23-9-14-4-5-21-24(14)11-15(10-23)27-12-18(25)22-6-2-3-7-22/h4-5,8,13,15H,2-3,6-7,9-12H2,1H3/t15-/m0/s1. The third-order valence-corrected chi connectivity index (χ3v) is 5.02. The highest BCUT2D eigenvalue weighted by Gasteiger charge is 2.26. The quantitative estimate of drug-likeness (QED) is 0.764. The van der Waals surface area contributed by atoms with Gasteiger partial charge in [-0.25, -0.2) is 9.97 Å². The first-order valence-corrected chi connectivity index (χ1v) is 9.24. The molecule has 1 amide bonds. The van der Waals surface area contributed by atoms with Crippen LogP contribution in [0.1, 0.15) is 18.5 Å². The fourth-order valence-electron chi connectivity index (χ4n) is 3.56. The van der Waals surface area contributed by atoms with Crippen LogP contribution in [0.2, 0.25) is 0 Å². The minimum absolute atomic E-state index is 0.0627. The Morgan fingerprint density at radius 3 is 2.93 bits per heavy atom. The Kier molecular flexibility index (Phi) is 5.19. The van der Waals surface area contributed by atoms with E-state index in [9.17, 15) is 4.79 Å². The molecule has 1 fully saturated rings. The van der Waals surface area contributed by atoms with Gasteiger partial charge in [-0.15, -0.1) is 0 Å². The van der Waals surface area contributed by atoms with Gasteiger partial charge >= 0.3 is 0 Å². The van der Waals surface area contributed by atoms with Gasteiger partial charge < -0.3 is 19.3 Å². The highest BCUT2D eigenvalue weighted by atomic mass is 16.5. The number of rotatable bonds is 5. The summed E-state index contributed by atoms with van der Waals surface area (Å²) in [5.74, 6) is 1.34. The molecule has 2 aliphatic rings. The monoisotopic (exact) mass is 372 g/mol. The summed E-state index contributed by atoms with van der Waals surface area (Å²) in [5.41, 5.74) is 1.07. The topological polar surface area (TPSA) is 85.6 Å². The van der Waals surface area contributed by atoms with Crippen molar-refractivity contribution < 1.29 is 14.3 Å². The van der Waals surface area contributed by atoms with Crippen LogP contribution in [0.3, 0.4) is 0 Å². The average Bonchev–Trinajstić information content (AvgIpc) is 3.35. The number of nitrogens with zero attached hydrogens (tertiary/aromatic N) is 6.